The number of ether oxygens (including phenoxy) is 1. The van der Waals surface area contributed by atoms with Crippen LogP contribution in [0.5, 0.6) is 0 Å². The quantitative estimate of drug-likeness (QED) is 0.474. The van der Waals surface area contributed by atoms with Gasteiger partial charge in [-0.1, -0.05) is 0 Å². The molecule has 0 aromatic rings. The zero-order valence-corrected chi connectivity index (χ0v) is 5.46. The van der Waals surface area contributed by atoms with Crippen molar-refractivity contribution in [3.63, 3.8) is 0 Å². The van der Waals surface area contributed by atoms with Gasteiger partial charge in [-0.3, -0.25) is 4.79 Å². The highest BCUT2D eigenvalue weighted by Crippen LogP contribution is 1.80. The van der Waals surface area contributed by atoms with E-state index in [-0.39, 0.29) is 6.61 Å². The van der Waals surface area contributed by atoms with Gasteiger partial charge in [-0.05, 0) is 6.92 Å². The van der Waals surface area contributed by atoms with Crippen molar-refractivity contribution < 1.29 is 9.53 Å². The van der Waals surface area contributed by atoms with Crippen LogP contribution in [0.25, 0.3) is 0 Å². The minimum absolute atomic E-state index is 0.250. The Kier molecular flexibility index (Phi) is 4.00. The van der Waals surface area contributed by atoms with Gasteiger partial charge in [0.1, 0.15) is 12.6 Å². The average molecular weight is 132 g/mol. The summed E-state index contributed by atoms with van der Waals surface area (Å²) in [7, 11) is 0. The third-order valence-corrected chi connectivity index (χ3v) is 0.734. The zero-order chi connectivity index (χ0) is 7.28. The molecule has 0 aromatic heterocycles. The number of hydrogen-bond acceptors (Lipinski definition) is 4. The molecule has 0 aliphatic rings. The maximum absolute atomic E-state index is 10.5. The van der Waals surface area contributed by atoms with Crippen LogP contribution in [0.4, 0.5) is 0 Å². The van der Waals surface area contributed by atoms with Crippen molar-refractivity contribution in [2.24, 2.45) is 11.5 Å². The van der Waals surface area contributed by atoms with Crippen LogP contribution >= 0.6 is 0 Å². The topological polar surface area (TPSA) is 78.3 Å². The van der Waals surface area contributed by atoms with Gasteiger partial charge < -0.3 is 16.2 Å². The lowest BCUT2D eigenvalue weighted by molar-refractivity contribution is -0.144. The first kappa shape index (κ1) is 8.39. The summed E-state index contributed by atoms with van der Waals surface area (Å²) in [5.74, 6) is -0.402. The Bertz CT molecular complexity index is 93.0. The monoisotopic (exact) mass is 132 g/mol. The van der Waals surface area contributed by atoms with Gasteiger partial charge in [0.05, 0.1) is 0 Å². The van der Waals surface area contributed by atoms with Crippen LogP contribution in [0.3, 0.4) is 0 Å². The molecule has 1 unspecified atom stereocenters. The molecular formula is C5H12N2O2. The van der Waals surface area contributed by atoms with Crippen LogP contribution in [-0.4, -0.2) is 25.2 Å². The van der Waals surface area contributed by atoms with Crippen molar-refractivity contribution in [2.45, 2.75) is 13.0 Å². The first-order valence-corrected chi connectivity index (χ1v) is 2.80. The Balaban J connectivity index is 3.28. The first-order valence-electron chi connectivity index (χ1n) is 2.80. The van der Waals surface area contributed by atoms with Gasteiger partial charge in [-0.15, -0.1) is 0 Å². The molecule has 0 aromatic carbocycles. The van der Waals surface area contributed by atoms with Crippen LogP contribution in [0.15, 0.2) is 0 Å². The number of carbonyl (C=O) groups excluding carboxylic acids is 1. The van der Waals surface area contributed by atoms with Gasteiger partial charge in [0, 0.05) is 6.54 Å². The lowest BCUT2D eigenvalue weighted by Gasteiger charge is -2.03. The molecule has 0 amide bonds. The molecule has 0 saturated carbocycles. The Labute approximate surface area is 54.2 Å². The Morgan fingerprint density at radius 3 is 2.67 bits per heavy atom. The molecule has 9 heavy (non-hydrogen) atoms. The summed E-state index contributed by atoms with van der Waals surface area (Å²) in [6.45, 7) is 2.16. The van der Waals surface area contributed by atoms with Gasteiger partial charge in [-0.2, -0.15) is 0 Å². The highest BCUT2D eigenvalue weighted by molar-refractivity contribution is 5.74. The molecule has 0 bridgehead atoms. The fourth-order valence-electron chi connectivity index (χ4n) is 0.291. The van der Waals surface area contributed by atoms with E-state index in [4.69, 9.17) is 11.5 Å². The lowest BCUT2D eigenvalue weighted by atomic mass is 10.4. The Morgan fingerprint density at radius 1 is 1.78 bits per heavy atom. The van der Waals surface area contributed by atoms with Crippen molar-refractivity contribution in [2.75, 3.05) is 13.2 Å². The highest BCUT2D eigenvalue weighted by atomic mass is 16.5. The van der Waals surface area contributed by atoms with Gasteiger partial charge in [0.15, 0.2) is 0 Å². The highest BCUT2D eigenvalue weighted by Gasteiger charge is 2.06. The zero-order valence-electron chi connectivity index (χ0n) is 5.46. The second-order valence-corrected chi connectivity index (χ2v) is 1.74. The number of rotatable bonds is 3. The number of nitrogens with two attached hydrogens (primary N) is 2. The molecule has 0 radical (unpaired) electrons. The molecule has 4 nitrogen and oxygen atoms in total. The maximum Gasteiger partial charge on any atom is 0.322 e. The molecule has 0 heterocycles. The van der Waals surface area contributed by atoms with Gasteiger partial charge in [0.25, 0.3) is 0 Å². The minimum Gasteiger partial charge on any atom is -0.463 e. The molecule has 4 N–H and O–H groups in total. The van der Waals surface area contributed by atoms with Gasteiger partial charge in [0.2, 0.25) is 0 Å². The van der Waals surface area contributed by atoms with Gasteiger partial charge in [-0.25, -0.2) is 0 Å². The van der Waals surface area contributed by atoms with Crippen molar-refractivity contribution in [3.8, 4) is 0 Å². The van der Waals surface area contributed by atoms with E-state index in [2.05, 4.69) is 4.74 Å². The average Bonchev–Trinajstić information content (AvgIpc) is 1.82. The van der Waals surface area contributed by atoms with Crippen LogP contribution < -0.4 is 11.5 Å². The van der Waals surface area contributed by atoms with E-state index in [1.165, 1.54) is 0 Å². The summed E-state index contributed by atoms with van der Waals surface area (Å²) >= 11 is 0. The molecule has 0 rings (SSSR count). The number of hydrogen-bond donors (Lipinski definition) is 2. The molecule has 0 spiro atoms. The van der Waals surface area contributed by atoms with E-state index in [9.17, 15) is 4.79 Å². The van der Waals surface area contributed by atoms with Crippen LogP contribution in [0.1, 0.15) is 6.92 Å². The van der Waals surface area contributed by atoms with E-state index in [0.717, 1.165) is 0 Å². The summed E-state index contributed by atoms with van der Waals surface area (Å²) < 4.78 is 4.56. The molecular weight excluding hydrogens is 120 g/mol. The van der Waals surface area contributed by atoms with E-state index < -0.39 is 12.0 Å². The normalized spacial score (nSPS) is 12.8. The van der Waals surface area contributed by atoms with Crippen LogP contribution in [-0.2, 0) is 9.53 Å². The number of esters is 1. The smallest absolute Gasteiger partial charge is 0.322 e. The summed E-state index contributed by atoms with van der Waals surface area (Å²) in [4.78, 5) is 10.5. The van der Waals surface area contributed by atoms with Crippen molar-refractivity contribution in [3.05, 3.63) is 0 Å². The standard InChI is InChI=1S/C5H12N2O2/c1-4(7)5(8)9-3-2-6/h4H,2-3,6-7H2,1H3. The van der Waals surface area contributed by atoms with Crippen LogP contribution in [0.2, 0.25) is 0 Å². The second-order valence-electron chi connectivity index (χ2n) is 1.74. The SMILES string of the molecule is CC(N)C(=O)OCCN. The molecule has 0 saturated heterocycles. The predicted molar refractivity (Wildman–Crippen MR) is 33.7 cm³/mol. The Morgan fingerprint density at radius 2 is 2.33 bits per heavy atom. The third kappa shape index (κ3) is 3.93. The predicted octanol–water partition coefficient (Wildman–Crippen LogP) is -1.16. The van der Waals surface area contributed by atoms with Crippen molar-refractivity contribution >= 4 is 5.97 Å². The summed E-state index contributed by atoms with van der Waals surface area (Å²) in [6, 6.07) is -0.545. The second kappa shape index (κ2) is 4.29. The third-order valence-electron chi connectivity index (χ3n) is 0.734. The van der Waals surface area contributed by atoms with E-state index in [1.54, 1.807) is 6.92 Å². The molecule has 54 valence electrons. The number of carbonyl (C=O) groups is 1. The molecule has 1 atom stereocenters. The lowest BCUT2D eigenvalue weighted by Crippen LogP contribution is -2.30. The van der Waals surface area contributed by atoms with Gasteiger partial charge >= 0.3 is 5.97 Å². The van der Waals surface area contributed by atoms with E-state index in [1.807, 2.05) is 0 Å². The summed E-state index contributed by atoms with van der Waals surface area (Å²) in [5.41, 5.74) is 10.2. The first-order chi connectivity index (χ1) is 4.18. The fraction of sp³-hybridized carbons (Fsp3) is 0.800. The fourth-order valence-corrected chi connectivity index (χ4v) is 0.291. The molecule has 0 aliphatic heterocycles. The summed E-state index contributed by atoms with van der Waals surface area (Å²) in [6.07, 6.45) is 0. The molecule has 0 fully saturated rings. The van der Waals surface area contributed by atoms with E-state index >= 15 is 0 Å². The maximum atomic E-state index is 10.5. The van der Waals surface area contributed by atoms with E-state index in [0.29, 0.717) is 6.54 Å². The van der Waals surface area contributed by atoms with Crippen LogP contribution in [0, 0.1) is 0 Å². The largest absolute Gasteiger partial charge is 0.463 e. The Hall–Kier alpha value is -0.610. The van der Waals surface area contributed by atoms with Crippen molar-refractivity contribution in [1.29, 1.82) is 0 Å². The molecule has 4 heteroatoms. The minimum atomic E-state index is -0.545. The van der Waals surface area contributed by atoms with Crippen molar-refractivity contribution in [1.82, 2.24) is 0 Å². The summed E-state index contributed by atoms with van der Waals surface area (Å²) in [5, 5.41) is 0. The molecule has 0 aliphatic carbocycles.